The van der Waals surface area contributed by atoms with Crippen LogP contribution in [0.1, 0.15) is 11.1 Å². The van der Waals surface area contributed by atoms with Gasteiger partial charge in [0.1, 0.15) is 0 Å². The molecule has 0 unspecified atom stereocenters. The zero-order valence-electron chi connectivity index (χ0n) is 15.6. The molecule has 0 spiro atoms. The molecule has 27 heavy (non-hydrogen) atoms. The third-order valence-electron chi connectivity index (χ3n) is 3.79. The minimum absolute atomic E-state index is 0. The summed E-state index contributed by atoms with van der Waals surface area (Å²) in [6.07, 6.45) is 0.879. The second kappa shape index (κ2) is 12.6. The molecule has 0 aliphatic heterocycles. The molecule has 2 aromatic carbocycles. The van der Waals surface area contributed by atoms with Gasteiger partial charge in [0.2, 0.25) is 5.91 Å². The number of aliphatic imine (C=N–C) groups is 1. The van der Waals surface area contributed by atoms with Crippen LogP contribution in [0, 0.1) is 0 Å². The van der Waals surface area contributed by atoms with Crippen LogP contribution in [0.2, 0.25) is 5.02 Å². The number of nitrogens with zero attached hydrogens (tertiary/aromatic N) is 2. The fourth-order valence-corrected chi connectivity index (χ4v) is 2.35. The molecule has 0 atom stereocenters. The van der Waals surface area contributed by atoms with Crippen molar-refractivity contribution in [1.29, 1.82) is 0 Å². The van der Waals surface area contributed by atoms with Crippen molar-refractivity contribution in [3.63, 3.8) is 0 Å². The summed E-state index contributed by atoms with van der Waals surface area (Å²) in [4.78, 5) is 17.9. The maximum Gasteiger partial charge on any atom is 0.241 e. The third kappa shape index (κ3) is 9.10. The lowest BCUT2D eigenvalue weighted by atomic mass is 10.1. The van der Waals surface area contributed by atoms with Crippen molar-refractivity contribution in [2.75, 3.05) is 27.2 Å². The average molecular weight is 501 g/mol. The molecule has 7 heteroatoms. The van der Waals surface area contributed by atoms with E-state index in [-0.39, 0.29) is 36.4 Å². The summed E-state index contributed by atoms with van der Waals surface area (Å²) < 4.78 is 0. The Morgan fingerprint density at radius 1 is 1.00 bits per heavy atom. The number of guanidine groups is 1. The molecule has 2 N–H and O–H groups in total. The highest BCUT2D eigenvalue weighted by atomic mass is 127. The smallest absolute Gasteiger partial charge is 0.241 e. The van der Waals surface area contributed by atoms with E-state index in [1.54, 1.807) is 19.0 Å². The van der Waals surface area contributed by atoms with Crippen LogP contribution in [0.5, 0.6) is 0 Å². The number of carbonyl (C=O) groups is 1. The number of halogens is 2. The van der Waals surface area contributed by atoms with Crippen LogP contribution in [0.4, 0.5) is 0 Å². The van der Waals surface area contributed by atoms with Crippen molar-refractivity contribution in [1.82, 2.24) is 15.5 Å². The van der Waals surface area contributed by atoms with Gasteiger partial charge in [-0.25, -0.2) is 4.99 Å². The van der Waals surface area contributed by atoms with Gasteiger partial charge in [-0.2, -0.15) is 0 Å². The molecule has 2 aromatic rings. The van der Waals surface area contributed by atoms with Gasteiger partial charge < -0.3 is 15.5 Å². The van der Waals surface area contributed by atoms with Gasteiger partial charge in [0.15, 0.2) is 5.96 Å². The SMILES string of the molecule is CN(C)C(=O)CNC(=NCc1ccc(Cl)cc1)NCCc1ccccc1.I. The predicted molar refractivity (Wildman–Crippen MR) is 123 cm³/mol. The Bertz CT molecular complexity index is 721. The standard InChI is InChI=1S/C20H25ClN4O.HI/c1-25(2)19(26)15-24-20(22-13-12-16-6-4-3-5-7-16)23-14-17-8-10-18(21)11-9-17;/h3-11H,12-15H2,1-2H3,(H2,22,23,24);1H. The summed E-state index contributed by atoms with van der Waals surface area (Å²) in [7, 11) is 3.47. The van der Waals surface area contributed by atoms with Gasteiger partial charge in [-0.15, -0.1) is 24.0 Å². The number of hydrogen-bond acceptors (Lipinski definition) is 2. The molecule has 146 valence electrons. The molecule has 0 fully saturated rings. The molecule has 0 aliphatic rings. The number of carbonyl (C=O) groups excluding carboxylic acids is 1. The molecule has 0 aromatic heterocycles. The Morgan fingerprint density at radius 3 is 2.30 bits per heavy atom. The van der Waals surface area contributed by atoms with Gasteiger partial charge in [-0.1, -0.05) is 54.1 Å². The second-order valence-corrected chi connectivity index (χ2v) is 6.53. The molecular formula is C20H26ClIN4O. The van der Waals surface area contributed by atoms with Crippen LogP contribution in [0.3, 0.4) is 0 Å². The maximum atomic E-state index is 11.8. The normalized spacial score (nSPS) is 10.7. The molecule has 0 heterocycles. The predicted octanol–water partition coefficient (Wildman–Crippen LogP) is 3.32. The van der Waals surface area contributed by atoms with Crippen LogP contribution >= 0.6 is 35.6 Å². The van der Waals surface area contributed by atoms with E-state index < -0.39 is 0 Å². The zero-order valence-corrected chi connectivity index (χ0v) is 18.7. The van der Waals surface area contributed by atoms with Gasteiger partial charge in [-0.3, -0.25) is 4.79 Å². The Labute approximate surface area is 183 Å². The van der Waals surface area contributed by atoms with Gasteiger partial charge >= 0.3 is 0 Å². The summed E-state index contributed by atoms with van der Waals surface area (Å²) in [5.74, 6) is 0.611. The summed E-state index contributed by atoms with van der Waals surface area (Å²) in [5.41, 5.74) is 2.30. The van der Waals surface area contributed by atoms with E-state index in [0.29, 0.717) is 17.5 Å². The first-order chi connectivity index (χ1) is 12.5. The number of nitrogens with one attached hydrogen (secondary N) is 2. The lowest BCUT2D eigenvalue weighted by Crippen LogP contribution is -2.43. The van der Waals surface area contributed by atoms with Crippen molar-refractivity contribution in [2.45, 2.75) is 13.0 Å². The molecule has 0 radical (unpaired) electrons. The van der Waals surface area contributed by atoms with E-state index in [0.717, 1.165) is 18.5 Å². The third-order valence-corrected chi connectivity index (χ3v) is 4.04. The van der Waals surface area contributed by atoms with E-state index in [9.17, 15) is 4.79 Å². The first-order valence-electron chi connectivity index (χ1n) is 8.55. The van der Waals surface area contributed by atoms with Crippen molar-refractivity contribution >= 4 is 47.4 Å². The first-order valence-corrected chi connectivity index (χ1v) is 8.93. The molecule has 5 nitrogen and oxygen atoms in total. The molecule has 1 amide bonds. The lowest BCUT2D eigenvalue weighted by molar-refractivity contribution is -0.127. The summed E-state index contributed by atoms with van der Waals surface area (Å²) in [6.45, 7) is 1.44. The quantitative estimate of drug-likeness (QED) is 0.348. The minimum Gasteiger partial charge on any atom is -0.356 e. The Balaban J connectivity index is 0.00000364. The van der Waals surface area contributed by atoms with Crippen molar-refractivity contribution in [3.05, 3.63) is 70.7 Å². The fraction of sp³-hybridized carbons (Fsp3) is 0.300. The van der Waals surface area contributed by atoms with E-state index in [4.69, 9.17) is 11.6 Å². The highest BCUT2D eigenvalue weighted by molar-refractivity contribution is 14.0. The molecular weight excluding hydrogens is 475 g/mol. The van der Waals surface area contributed by atoms with Crippen LogP contribution < -0.4 is 10.6 Å². The van der Waals surface area contributed by atoms with Crippen LogP contribution in [-0.2, 0) is 17.8 Å². The summed E-state index contributed by atoms with van der Waals surface area (Å²) in [5, 5.41) is 7.08. The summed E-state index contributed by atoms with van der Waals surface area (Å²) in [6, 6.07) is 17.8. The second-order valence-electron chi connectivity index (χ2n) is 6.10. The van der Waals surface area contributed by atoms with Crippen molar-refractivity contribution in [2.24, 2.45) is 4.99 Å². The number of benzene rings is 2. The zero-order chi connectivity index (χ0) is 18.8. The van der Waals surface area contributed by atoms with Crippen LogP contribution in [-0.4, -0.2) is 44.0 Å². The molecule has 2 rings (SSSR count). The maximum absolute atomic E-state index is 11.8. The van der Waals surface area contributed by atoms with Crippen molar-refractivity contribution < 1.29 is 4.79 Å². The van der Waals surface area contributed by atoms with E-state index in [2.05, 4.69) is 27.8 Å². The van der Waals surface area contributed by atoms with E-state index in [1.165, 1.54) is 5.56 Å². The Morgan fingerprint density at radius 2 is 1.67 bits per heavy atom. The highest BCUT2D eigenvalue weighted by Gasteiger charge is 2.06. The van der Waals surface area contributed by atoms with Gasteiger partial charge in [0, 0.05) is 25.7 Å². The molecule has 0 bridgehead atoms. The van der Waals surface area contributed by atoms with Crippen molar-refractivity contribution in [3.8, 4) is 0 Å². The van der Waals surface area contributed by atoms with Gasteiger partial charge in [0.25, 0.3) is 0 Å². The monoisotopic (exact) mass is 500 g/mol. The molecule has 0 aliphatic carbocycles. The summed E-state index contributed by atoms with van der Waals surface area (Å²) >= 11 is 5.91. The minimum atomic E-state index is -0.00551. The number of rotatable bonds is 7. The largest absolute Gasteiger partial charge is 0.356 e. The van der Waals surface area contributed by atoms with Crippen LogP contribution in [0.15, 0.2) is 59.6 Å². The Hall–Kier alpha value is -1.80. The lowest BCUT2D eigenvalue weighted by Gasteiger charge is -2.15. The fourth-order valence-electron chi connectivity index (χ4n) is 2.22. The molecule has 0 saturated carbocycles. The topological polar surface area (TPSA) is 56.7 Å². The van der Waals surface area contributed by atoms with Gasteiger partial charge in [0.05, 0.1) is 13.1 Å². The van der Waals surface area contributed by atoms with Crippen LogP contribution in [0.25, 0.3) is 0 Å². The highest BCUT2D eigenvalue weighted by Crippen LogP contribution is 2.10. The van der Waals surface area contributed by atoms with Gasteiger partial charge in [-0.05, 0) is 29.7 Å². The number of amides is 1. The number of likely N-dealkylation sites (N-methyl/N-ethyl adjacent to an activating group) is 1. The van der Waals surface area contributed by atoms with E-state index >= 15 is 0 Å². The molecule has 0 saturated heterocycles. The number of hydrogen-bond donors (Lipinski definition) is 2. The first kappa shape index (κ1) is 23.2. The average Bonchev–Trinajstić information content (AvgIpc) is 2.65. The Kier molecular flexibility index (Phi) is 10.8. The van der Waals surface area contributed by atoms with E-state index in [1.807, 2.05) is 42.5 Å².